The predicted molar refractivity (Wildman–Crippen MR) is 106 cm³/mol. The van der Waals surface area contributed by atoms with Gasteiger partial charge in [0.15, 0.2) is 0 Å². The van der Waals surface area contributed by atoms with Crippen molar-refractivity contribution in [2.24, 2.45) is 0 Å². The Bertz CT molecular complexity index is 916. The molecule has 1 aliphatic carbocycles. The Morgan fingerprint density at radius 2 is 1.89 bits per heavy atom. The fourth-order valence-corrected chi connectivity index (χ4v) is 2.74. The Labute approximate surface area is 158 Å². The molecule has 0 bridgehead atoms. The third-order valence-corrected chi connectivity index (χ3v) is 4.23. The highest BCUT2D eigenvalue weighted by atomic mass is 16.6. The molecule has 2 rings (SSSR count). The van der Waals surface area contributed by atoms with E-state index in [0.29, 0.717) is 28.0 Å². The van der Waals surface area contributed by atoms with Gasteiger partial charge in [-0.15, -0.1) is 0 Å². The summed E-state index contributed by atoms with van der Waals surface area (Å²) in [5.74, 6) is -0.185. The van der Waals surface area contributed by atoms with Gasteiger partial charge in [0.25, 0.3) is 0 Å². The van der Waals surface area contributed by atoms with E-state index in [1.807, 2.05) is 31.2 Å². The van der Waals surface area contributed by atoms with E-state index in [1.165, 1.54) is 12.2 Å². The molecule has 1 aliphatic rings. The normalized spacial score (nSPS) is 14.3. The third kappa shape index (κ3) is 4.58. The second kappa shape index (κ2) is 8.76. The van der Waals surface area contributed by atoms with Gasteiger partial charge < -0.3 is 4.74 Å². The smallest absolute Gasteiger partial charge is 0.344 e. The van der Waals surface area contributed by atoms with Crippen LogP contribution in [-0.2, 0) is 9.53 Å². The number of esters is 1. The molecule has 0 saturated carbocycles. The molecular formula is C22H21NO4. The molecule has 0 radical (unpaired) electrons. The van der Waals surface area contributed by atoms with Gasteiger partial charge in [0, 0.05) is 18.9 Å². The second-order valence-electron chi connectivity index (χ2n) is 5.97. The summed E-state index contributed by atoms with van der Waals surface area (Å²) in [5, 5.41) is 10.8. The topological polar surface area (TPSA) is 69.4 Å². The van der Waals surface area contributed by atoms with Crippen molar-refractivity contribution in [3.05, 3.63) is 112 Å². The minimum absolute atomic E-state index is 0.0938. The number of nitrogens with zero attached hydrogens (tertiary/aromatic N) is 1. The molecule has 0 amide bonds. The summed E-state index contributed by atoms with van der Waals surface area (Å²) in [6, 6.07) is 7.43. The fraction of sp³-hybridized carbons (Fsp3) is 0.136. The SMILES string of the molecule is C=CC(=C)/C(C=C)=C(/C(=O)OC1=CC=C([N+](=O)[O-])CC1)c1ccccc1C. The van der Waals surface area contributed by atoms with E-state index in [0.717, 1.165) is 5.56 Å². The molecule has 5 heteroatoms. The number of aryl methyl sites for hydroxylation is 1. The van der Waals surface area contributed by atoms with E-state index in [4.69, 9.17) is 4.74 Å². The maximum absolute atomic E-state index is 13.0. The van der Waals surface area contributed by atoms with E-state index < -0.39 is 10.9 Å². The van der Waals surface area contributed by atoms with Crippen molar-refractivity contribution in [3.8, 4) is 0 Å². The van der Waals surface area contributed by atoms with Crippen molar-refractivity contribution in [2.75, 3.05) is 0 Å². The van der Waals surface area contributed by atoms with Crippen LogP contribution in [0.4, 0.5) is 0 Å². The number of allylic oxidation sites excluding steroid dienone is 8. The summed E-state index contributed by atoms with van der Waals surface area (Å²) in [6.45, 7) is 13.3. The Kier molecular flexibility index (Phi) is 6.44. The van der Waals surface area contributed by atoms with Gasteiger partial charge in [0.1, 0.15) is 5.76 Å². The molecule has 0 fully saturated rings. The summed E-state index contributed by atoms with van der Waals surface area (Å²) in [4.78, 5) is 23.4. The van der Waals surface area contributed by atoms with Crippen molar-refractivity contribution < 1.29 is 14.5 Å². The van der Waals surface area contributed by atoms with E-state index in [-0.39, 0.29) is 18.5 Å². The Balaban J connectivity index is 2.48. The molecule has 0 N–H and O–H groups in total. The number of benzene rings is 1. The van der Waals surface area contributed by atoms with Crippen LogP contribution in [0, 0.1) is 17.0 Å². The van der Waals surface area contributed by atoms with Crippen LogP contribution < -0.4 is 0 Å². The zero-order valence-corrected chi connectivity index (χ0v) is 15.2. The summed E-state index contributed by atoms with van der Waals surface area (Å²) in [7, 11) is 0. The molecule has 0 aliphatic heterocycles. The molecule has 0 heterocycles. The predicted octanol–water partition coefficient (Wildman–Crippen LogP) is 5.06. The molecule has 0 spiro atoms. The second-order valence-corrected chi connectivity index (χ2v) is 5.97. The van der Waals surface area contributed by atoms with Crippen molar-refractivity contribution in [2.45, 2.75) is 19.8 Å². The van der Waals surface area contributed by atoms with Crippen LogP contribution in [0.2, 0.25) is 0 Å². The first kappa shape index (κ1) is 19.8. The lowest BCUT2D eigenvalue weighted by Gasteiger charge is -2.17. The van der Waals surface area contributed by atoms with Gasteiger partial charge in [-0.1, -0.05) is 56.2 Å². The first-order valence-corrected chi connectivity index (χ1v) is 8.39. The molecule has 5 nitrogen and oxygen atoms in total. The van der Waals surface area contributed by atoms with Crippen molar-refractivity contribution >= 4 is 11.5 Å². The molecular weight excluding hydrogens is 342 g/mol. The molecule has 0 saturated heterocycles. The molecule has 27 heavy (non-hydrogen) atoms. The molecule has 138 valence electrons. The standard InChI is InChI=1S/C22H21NO4/c1-5-15(3)19(6-2)21(20-10-8-7-9-16(20)4)22(24)27-18-13-11-17(12-14-18)23(25)26/h5-11,13H,1-3,12,14H2,4H3/b21-19+. The van der Waals surface area contributed by atoms with Crippen LogP contribution in [-0.4, -0.2) is 10.9 Å². The first-order valence-electron chi connectivity index (χ1n) is 8.39. The van der Waals surface area contributed by atoms with Crippen LogP contribution in [0.1, 0.15) is 24.0 Å². The van der Waals surface area contributed by atoms with Gasteiger partial charge in [0.05, 0.1) is 10.5 Å². The number of carbonyl (C=O) groups excluding carboxylic acids is 1. The monoisotopic (exact) mass is 363 g/mol. The molecule has 0 atom stereocenters. The highest BCUT2D eigenvalue weighted by Crippen LogP contribution is 2.30. The lowest BCUT2D eigenvalue weighted by atomic mass is 9.92. The van der Waals surface area contributed by atoms with Gasteiger partial charge in [-0.3, -0.25) is 10.1 Å². The molecule has 1 aromatic rings. The number of hydrogen-bond donors (Lipinski definition) is 0. The Morgan fingerprint density at radius 3 is 2.41 bits per heavy atom. The van der Waals surface area contributed by atoms with Crippen LogP contribution >= 0.6 is 0 Å². The highest BCUT2D eigenvalue weighted by molar-refractivity contribution is 6.19. The average Bonchev–Trinajstić information content (AvgIpc) is 2.66. The minimum atomic E-state index is -0.564. The van der Waals surface area contributed by atoms with E-state index in [1.54, 1.807) is 12.2 Å². The molecule has 0 aromatic heterocycles. The van der Waals surface area contributed by atoms with E-state index in [9.17, 15) is 14.9 Å². The molecule has 1 aromatic carbocycles. The zero-order chi connectivity index (χ0) is 20.0. The molecule has 0 unspecified atom stereocenters. The lowest BCUT2D eigenvalue weighted by molar-refractivity contribution is -0.428. The zero-order valence-electron chi connectivity index (χ0n) is 15.2. The Hall–Kier alpha value is -3.47. The van der Waals surface area contributed by atoms with Gasteiger partial charge >= 0.3 is 5.97 Å². The van der Waals surface area contributed by atoms with Gasteiger partial charge in [0.2, 0.25) is 5.70 Å². The third-order valence-electron chi connectivity index (χ3n) is 4.23. The van der Waals surface area contributed by atoms with Crippen LogP contribution in [0.25, 0.3) is 5.57 Å². The van der Waals surface area contributed by atoms with Crippen LogP contribution in [0.5, 0.6) is 0 Å². The maximum atomic E-state index is 13.0. The largest absolute Gasteiger partial charge is 0.427 e. The Morgan fingerprint density at radius 1 is 1.19 bits per heavy atom. The van der Waals surface area contributed by atoms with Gasteiger partial charge in [-0.2, -0.15) is 0 Å². The summed E-state index contributed by atoms with van der Waals surface area (Å²) < 4.78 is 5.54. The summed E-state index contributed by atoms with van der Waals surface area (Å²) in [6.07, 6.45) is 6.42. The van der Waals surface area contributed by atoms with Crippen LogP contribution in [0.15, 0.2) is 90.9 Å². The number of nitro groups is 1. The van der Waals surface area contributed by atoms with E-state index >= 15 is 0 Å². The quantitative estimate of drug-likeness (QED) is 0.223. The van der Waals surface area contributed by atoms with Crippen molar-refractivity contribution in [1.29, 1.82) is 0 Å². The highest BCUT2D eigenvalue weighted by Gasteiger charge is 2.23. The fourth-order valence-electron chi connectivity index (χ4n) is 2.74. The average molecular weight is 363 g/mol. The van der Waals surface area contributed by atoms with Crippen molar-refractivity contribution in [3.63, 3.8) is 0 Å². The van der Waals surface area contributed by atoms with E-state index in [2.05, 4.69) is 19.7 Å². The number of hydrogen-bond acceptors (Lipinski definition) is 4. The minimum Gasteiger partial charge on any atom is -0.427 e. The number of carbonyl (C=O) groups is 1. The summed E-state index contributed by atoms with van der Waals surface area (Å²) >= 11 is 0. The van der Waals surface area contributed by atoms with Gasteiger partial charge in [-0.05, 0) is 35.3 Å². The number of ether oxygens (including phenoxy) is 1. The maximum Gasteiger partial charge on any atom is 0.344 e. The number of rotatable bonds is 7. The lowest BCUT2D eigenvalue weighted by Crippen LogP contribution is -2.12. The first-order chi connectivity index (χ1) is 12.9. The summed E-state index contributed by atoms with van der Waals surface area (Å²) in [5.41, 5.74) is 3.11. The van der Waals surface area contributed by atoms with Crippen LogP contribution in [0.3, 0.4) is 0 Å². The van der Waals surface area contributed by atoms with Crippen molar-refractivity contribution in [1.82, 2.24) is 0 Å². The van der Waals surface area contributed by atoms with Gasteiger partial charge in [-0.25, -0.2) is 4.79 Å².